The van der Waals surface area contributed by atoms with E-state index in [1.807, 2.05) is 30.3 Å². The standard InChI is InChI=1S/C15H17NO4/c1-15(2)9-16(8-10-6-4-3-5-7-10)12(14(19)20)11(15)13(17)18/h3-7H,8-9H2,1-2H3,(H,17,18)(H,19,20). The summed E-state index contributed by atoms with van der Waals surface area (Å²) in [5, 5.41) is 18.7. The molecule has 0 saturated heterocycles. The van der Waals surface area contributed by atoms with Gasteiger partial charge in [-0.1, -0.05) is 44.2 Å². The third kappa shape index (κ3) is 2.52. The highest BCUT2D eigenvalue weighted by atomic mass is 16.4. The summed E-state index contributed by atoms with van der Waals surface area (Å²) in [5.74, 6) is -2.35. The number of carboxylic acid groups (broad SMARTS) is 2. The molecule has 1 aliphatic rings. The highest BCUT2D eigenvalue weighted by molar-refractivity contribution is 6.00. The van der Waals surface area contributed by atoms with Crippen LogP contribution in [0, 0.1) is 5.41 Å². The number of hydrogen-bond donors (Lipinski definition) is 2. The molecule has 0 unspecified atom stereocenters. The molecule has 0 aliphatic carbocycles. The lowest BCUT2D eigenvalue weighted by atomic mass is 9.86. The average Bonchev–Trinajstić information content (AvgIpc) is 2.61. The quantitative estimate of drug-likeness (QED) is 0.878. The molecule has 0 aromatic heterocycles. The van der Waals surface area contributed by atoms with E-state index in [2.05, 4.69) is 0 Å². The molecule has 2 rings (SSSR count). The molecule has 0 amide bonds. The van der Waals surface area contributed by atoms with Crippen molar-refractivity contribution < 1.29 is 19.8 Å². The van der Waals surface area contributed by atoms with Crippen LogP contribution < -0.4 is 0 Å². The Labute approximate surface area is 117 Å². The fraction of sp³-hybridized carbons (Fsp3) is 0.333. The lowest BCUT2D eigenvalue weighted by Crippen LogP contribution is -2.27. The highest BCUT2D eigenvalue weighted by Crippen LogP contribution is 2.39. The van der Waals surface area contributed by atoms with Gasteiger partial charge in [-0.05, 0) is 5.56 Å². The van der Waals surface area contributed by atoms with Crippen LogP contribution in [0.3, 0.4) is 0 Å². The van der Waals surface area contributed by atoms with E-state index >= 15 is 0 Å². The third-order valence-electron chi connectivity index (χ3n) is 3.45. The Kier molecular flexibility index (Phi) is 3.53. The second-order valence-electron chi connectivity index (χ2n) is 5.56. The Morgan fingerprint density at radius 1 is 1.15 bits per heavy atom. The molecule has 0 spiro atoms. The van der Waals surface area contributed by atoms with Crippen LogP contribution in [0.4, 0.5) is 0 Å². The minimum Gasteiger partial charge on any atom is -0.478 e. The molecule has 106 valence electrons. The van der Waals surface area contributed by atoms with Crippen molar-refractivity contribution in [2.75, 3.05) is 6.54 Å². The number of aliphatic carboxylic acids is 2. The van der Waals surface area contributed by atoms with Crippen molar-refractivity contribution in [3.63, 3.8) is 0 Å². The number of benzene rings is 1. The summed E-state index contributed by atoms with van der Waals surface area (Å²) in [6, 6.07) is 9.42. The summed E-state index contributed by atoms with van der Waals surface area (Å²) in [6.07, 6.45) is 0. The van der Waals surface area contributed by atoms with E-state index in [9.17, 15) is 19.8 Å². The van der Waals surface area contributed by atoms with Gasteiger partial charge in [0.25, 0.3) is 0 Å². The first-order valence-electron chi connectivity index (χ1n) is 6.33. The maximum atomic E-state index is 11.4. The Morgan fingerprint density at radius 3 is 2.25 bits per heavy atom. The topological polar surface area (TPSA) is 77.8 Å². The van der Waals surface area contributed by atoms with Crippen LogP contribution in [0.1, 0.15) is 19.4 Å². The number of nitrogens with zero attached hydrogens (tertiary/aromatic N) is 1. The summed E-state index contributed by atoms with van der Waals surface area (Å²) < 4.78 is 0. The predicted molar refractivity (Wildman–Crippen MR) is 72.9 cm³/mol. The van der Waals surface area contributed by atoms with Gasteiger partial charge in [0.2, 0.25) is 0 Å². The van der Waals surface area contributed by atoms with Gasteiger partial charge in [0.15, 0.2) is 0 Å². The molecule has 1 heterocycles. The van der Waals surface area contributed by atoms with Crippen molar-refractivity contribution >= 4 is 11.9 Å². The molecule has 5 heteroatoms. The van der Waals surface area contributed by atoms with Gasteiger partial charge in [-0.3, -0.25) is 0 Å². The molecular weight excluding hydrogens is 258 g/mol. The zero-order chi connectivity index (χ0) is 14.9. The second-order valence-corrected chi connectivity index (χ2v) is 5.56. The molecule has 2 N–H and O–H groups in total. The summed E-state index contributed by atoms with van der Waals surface area (Å²) in [4.78, 5) is 24.5. The monoisotopic (exact) mass is 275 g/mol. The Hall–Kier alpha value is -2.30. The molecule has 0 fully saturated rings. The Balaban J connectivity index is 2.40. The van der Waals surface area contributed by atoms with E-state index in [1.165, 1.54) is 0 Å². The van der Waals surface area contributed by atoms with Crippen LogP contribution in [0.15, 0.2) is 41.6 Å². The minimum absolute atomic E-state index is 0.0269. The van der Waals surface area contributed by atoms with Gasteiger partial charge in [-0.2, -0.15) is 0 Å². The van der Waals surface area contributed by atoms with Crippen molar-refractivity contribution in [3.8, 4) is 0 Å². The maximum absolute atomic E-state index is 11.4. The minimum atomic E-state index is -1.19. The number of carbonyl (C=O) groups is 2. The smallest absolute Gasteiger partial charge is 0.352 e. The fourth-order valence-corrected chi connectivity index (χ4v) is 2.69. The number of hydrogen-bond acceptors (Lipinski definition) is 3. The first kappa shape index (κ1) is 14.1. The largest absolute Gasteiger partial charge is 0.478 e. The van der Waals surface area contributed by atoms with Gasteiger partial charge in [0, 0.05) is 18.5 Å². The van der Waals surface area contributed by atoms with Crippen LogP contribution in [-0.2, 0) is 16.1 Å². The van der Waals surface area contributed by atoms with Crippen LogP contribution in [0.25, 0.3) is 0 Å². The van der Waals surface area contributed by atoms with E-state index in [0.717, 1.165) is 5.56 Å². The Bertz CT molecular complexity index is 575. The first-order chi connectivity index (χ1) is 9.33. The van der Waals surface area contributed by atoms with E-state index in [-0.39, 0.29) is 11.3 Å². The van der Waals surface area contributed by atoms with Gasteiger partial charge < -0.3 is 15.1 Å². The van der Waals surface area contributed by atoms with Crippen LogP contribution in [0.2, 0.25) is 0 Å². The number of rotatable bonds is 4. The average molecular weight is 275 g/mol. The molecule has 0 radical (unpaired) electrons. The van der Waals surface area contributed by atoms with Crippen molar-refractivity contribution in [1.82, 2.24) is 4.90 Å². The van der Waals surface area contributed by atoms with Gasteiger partial charge in [0.1, 0.15) is 5.70 Å². The van der Waals surface area contributed by atoms with E-state index in [1.54, 1.807) is 18.7 Å². The summed E-state index contributed by atoms with van der Waals surface area (Å²) >= 11 is 0. The zero-order valence-electron chi connectivity index (χ0n) is 11.5. The normalized spacial score (nSPS) is 17.4. The van der Waals surface area contributed by atoms with Crippen molar-refractivity contribution in [1.29, 1.82) is 0 Å². The van der Waals surface area contributed by atoms with E-state index < -0.39 is 17.4 Å². The highest BCUT2D eigenvalue weighted by Gasteiger charge is 2.44. The van der Waals surface area contributed by atoms with E-state index in [4.69, 9.17) is 0 Å². The molecule has 1 aliphatic heterocycles. The zero-order valence-corrected chi connectivity index (χ0v) is 11.5. The number of carboxylic acids is 2. The molecule has 0 atom stereocenters. The molecular formula is C15H17NO4. The summed E-state index contributed by atoms with van der Waals surface area (Å²) in [6.45, 7) is 4.28. The van der Waals surface area contributed by atoms with Crippen LogP contribution in [-0.4, -0.2) is 33.6 Å². The van der Waals surface area contributed by atoms with E-state index in [0.29, 0.717) is 13.1 Å². The SMILES string of the molecule is CC1(C)CN(Cc2ccccc2)C(C(=O)O)=C1C(=O)O. The third-order valence-corrected chi connectivity index (χ3v) is 3.45. The molecule has 5 nitrogen and oxygen atoms in total. The lowest BCUT2D eigenvalue weighted by molar-refractivity contribution is -0.137. The second kappa shape index (κ2) is 5.00. The van der Waals surface area contributed by atoms with Gasteiger partial charge in [0.05, 0.1) is 5.57 Å². The molecule has 0 saturated carbocycles. The molecule has 0 bridgehead atoms. The van der Waals surface area contributed by atoms with Crippen molar-refractivity contribution in [2.24, 2.45) is 5.41 Å². The molecule has 1 aromatic rings. The predicted octanol–water partition coefficient (Wildman–Crippen LogP) is 1.95. The first-order valence-corrected chi connectivity index (χ1v) is 6.33. The van der Waals surface area contributed by atoms with Crippen LogP contribution in [0.5, 0.6) is 0 Å². The van der Waals surface area contributed by atoms with Gasteiger partial charge in [-0.25, -0.2) is 9.59 Å². The molecule has 1 aromatic carbocycles. The summed E-state index contributed by atoms with van der Waals surface area (Å²) in [7, 11) is 0. The fourth-order valence-electron chi connectivity index (χ4n) is 2.69. The molecule has 20 heavy (non-hydrogen) atoms. The van der Waals surface area contributed by atoms with Crippen molar-refractivity contribution in [2.45, 2.75) is 20.4 Å². The van der Waals surface area contributed by atoms with Gasteiger partial charge >= 0.3 is 11.9 Å². The lowest BCUT2D eigenvalue weighted by Gasteiger charge is -2.23. The van der Waals surface area contributed by atoms with Gasteiger partial charge in [-0.15, -0.1) is 0 Å². The van der Waals surface area contributed by atoms with Crippen LogP contribution >= 0.6 is 0 Å². The Morgan fingerprint density at radius 2 is 1.75 bits per heavy atom. The van der Waals surface area contributed by atoms with Crippen molar-refractivity contribution in [3.05, 3.63) is 47.2 Å². The summed E-state index contributed by atoms with van der Waals surface area (Å²) in [5.41, 5.74) is 0.134. The maximum Gasteiger partial charge on any atom is 0.352 e.